The zero-order valence-electron chi connectivity index (χ0n) is 12.1. The number of ether oxygens (including phenoxy) is 1. The van der Waals surface area contributed by atoms with E-state index in [9.17, 15) is 0 Å². The quantitative estimate of drug-likeness (QED) is 0.883. The summed E-state index contributed by atoms with van der Waals surface area (Å²) in [6, 6.07) is 9.24. The van der Waals surface area contributed by atoms with Crippen LogP contribution in [0.5, 0.6) is 5.75 Å². The van der Waals surface area contributed by atoms with Crippen molar-refractivity contribution in [1.82, 2.24) is 10.2 Å². The van der Waals surface area contributed by atoms with E-state index in [0.29, 0.717) is 12.1 Å². The van der Waals surface area contributed by atoms with Crippen molar-refractivity contribution in [2.24, 2.45) is 11.8 Å². The number of benzene rings is 1. The lowest BCUT2D eigenvalue weighted by Gasteiger charge is -2.39. The van der Waals surface area contributed by atoms with Crippen molar-refractivity contribution in [1.29, 1.82) is 0 Å². The van der Waals surface area contributed by atoms with Crippen molar-refractivity contribution in [3.05, 3.63) is 29.8 Å². The van der Waals surface area contributed by atoms with Gasteiger partial charge in [-0.1, -0.05) is 32.0 Å². The molecule has 2 aliphatic rings. The van der Waals surface area contributed by atoms with Gasteiger partial charge in [0, 0.05) is 18.7 Å². The average Bonchev–Trinajstić information content (AvgIpc) is 2.77. The van der Waals surface area contributed by atoms with Crippen LogP contribution in [0.4, 0.5) is 0 Å². The Bertz CT molecular complexity index is 438. The van der Waals surface area contributed by atoms with Crippen LogP contribution >= 0.6 is 0 Å². The third kappa shape index (κ3) is 2.26. The predicted octanol–water partition coefficient (Wildman–Crippen LogP) is 2.30. The second-order valence-corrected chi connectivity index (χ2v) is 6.09. The SMILES string of the molecule is CNC1c2ccccc2OCC1N1CC(C)C(C)C1. The number of nitrogens with one attached hydrogen (secondary N) is 1. The molecule has 2 heterocycles. The second-order valence-electron chi connectivity index (χ2n) is 6.09. The highest BCUT2D eigenvalue weighted by Crippen LogP contribution is 2.36. The summed E-state index contributed by atoms with van der Waals surface area (Å²) in [5.41, 5.74) is 1.30. The largest absolute Gasteiger partial charge is 0.492 e. The van der Waals surface area contributed by atoms with Crippen LogP contribution in [0.2, 0.25) is 0 Å². The van der Waals surface area contributed by atoms with Crippen molar-refractivity contribution < 1.29 is 4.74 Å². The molecule has 3 nitrogen and oxygen atoms in total. The molecule has 1 aromatic rings. The lowest BCUT2D eigenvalue weighted by molar-refractivity contribution is 0.103. The smallest absolute Gasteiger partial charge is 0.124 e. The summed E-state index contributed by atoms with van der Waals surface area (Å²) in [5, 5.41) is 3.50. The fourth-order valence-corrected chi connectivity index (χ4v) is 3.46. The first-order valence-corrected chi connectivity index (χ1v) is 7.33. The Balaban J connectivity index is 1.84. The molecule has 4 atom stereocenters. The van der Waals surface area contributed by atoms with Crippen molar-refractivity contribution >= 4 is 0 Å². The molecule has 3 heteroatoms. The molecule has 1 saturated heterocycles. The molecule has 0 aromatic heterocycles. The highest BCUT2D eigenvalue weighted by Gasteiger charge is 2.38. The normalized spacial score (nSPS) is 34.9. The van der Waals surface area contributed by atoms with Gasteiger partial charge in [0.25, 0.3) is 0 Å². The average molecular weight is 260 g/mol. The third-order valence-corrected chi connectivity index (χ3v) is 4.84. The molecule has 0 saturated carbocycles. The van der Waals surface area contributed by atoms with Crippen LogP contribution in [-0.4, -0.2) is 37.7 Å². The molecule has 1 N–H and O–H groups in total. The number of likely N-dealkylation sites (tertiary alicyclic amines) is 1. The van der Waals surface area contributed by atoms with Crippen molar-refractivity contribution in [3.63, 3.8) is 0 Å². The van der Waals surface area contributed by atoms with Crippen LogP contribution in [0.1, 0.15) is 25.5 Å². The zero-order chi connectivity index (χ0) is 13.4. The Kier molecular flexibility index (Phi) is 3.50. The van der Waals surface area contributed by atoms with E-state index in [0.717, 1.165) is 24.2 Å². The lowest BCUT2D eigenvalue weighted by atomic mass is 9.95. The van der Waals surface area contributed by atoms with Gasteiger partial charge in [-0.25, -0.2) is 0 Å². The first-order valence-electron chi connectivity index (χ1n) is 7.33. The summed E-state index contributed by atoms with van der Waals surface area (Å²) in [6.45, 7) is 7.89. The molecule has 4 unspecified atom stereocenters. The van der Waals surface area contributed by atoms with Crippen LogP contribution < -0.4 is 10.1 Å². The fourth-order valence-electron chi connectivity index (χ4n) is 3.46. The Morgan fingerprint density at radius 2 is 1.84 bits per heavy atom. The molecule has 0 aliphatic carbocycles. The van der Waals surface area contributed by atoms with E-state index < -0.39 is 0 Å². The van der Waals surface area contributed by atoms with Crippen LogP contribution in [0.25, 0.3) is 0 Å². The van der Waals surface area contributed by atoms with Crippen LogP contribution in [0, 0.1) is 11.8 Å². The summed E-state index contributed by atoms with van der Waals surface area (Å²) in [4.78, 5) is 2.60. The van der Waals surface area contributed by atoms with Gasteiger partial charge in [0.2, 0.25) is 0 Å². The van der Waals surface area contributed by atoms with Crippen molar-refractivity contribution in [2.75, 3.05) is 26.7 Å². The van der Waals surface area contributed by atoms with Gasteiger partial charge in [0.1, 0.15) is 12.4 Å². The van der Waals surface area contributed by atoms with E-state index in [1.165, 1.54) is 18.7 Å². The van der Waals surface area contributed by atoms with Gasteiger partial charge in [0.15, 0.2) is 0 Å². The van der Waals surface area contributed by atoms with Crippen molar-refractivity contribution in [2.45, 2.75) is 25.9 Å². The Hall–Kier alpha value is -1.06. The fraction of sp³-hybridized carbons (Fsp3) is 0.625. The van der Waals surface area contributed by atoms with Crippen molar-refractivity contribution in [3.8, 4) is 5.75 Å². The third-order valence-electron chi connectivity index (χ3n) is 4.84. The monoisotopic (exact) mass is 260 g/mol. The number of hydrogen-bond acceptors (Lipinski definition) is 3. The van der Waals surface area contributed by atoms with Crippen LogP contribution in [0.15, 0.2) is 24.3 Å². The first-order chi connectivity index (χ1) is 9.20. The summed E-state index contributed by atoms with van der Waals surface area (Å²) in [6.07, 6.45) is 0. The summed E-state index contributed by atoms with van der Waals surface area (Å²) >= 11 is 0. The van der Waals surface area contributed by atoms with Crippen LogP contribution in [-0.2, 0) is 0 Å². The maximum atomic E-state index is 5.97. The minimum Gasteiger partial charge on any atom is -0.492 e. The van der Waals surface area contributed by atoms with E-state index in [1.807, 2.05) is 6.07 Å². The highest BCUT2D eigenvalue weighted by molar-refractivity contribution is 5.38. The topological polar surface area (TPSA) is 24.5 Å². The Morgan fingerprint density at radius 3 is 2.53 bits per heavy atom. The molecule has 0 radical (unpaired) electrons. The standard InChI is InChI=1S/C16H24N2O/c1-11-8-18(9-12(11)2)14-10-19-15-7-5-4-6-13(15)16(14)17-3/h4-7,11-12,14,16-17H,8-10H2,1-3H3. The Morgan fingerprint density at radius 1 is 1.16 bits per heavy atom. The minimum absolute atomic E-state index is 0.377. The number of rotatable bonds is 2. The zero-order valence-corrected chi connectivity index (χ0v) is 12.1. The second kappa shape index (κ2) is 5.14. The summed E-state index contributed by atoms with van der Waals surface area (Å²) < 4.78 is 5.97. The molecular formula is C16H24N2O. The minimum atomic E-state index is 0.377. The van der Waals surface area contributed by atoms with Gasteiger partial charge in [-0.15, -0.1) is 0 Å². The number of likely N-dealkylation sites (N-methyl/N-ethyl adjacent to an activating group) is 1. The molecule has 0 amide bonds. The molecule has 0 spiro atoms. The molecule has 104 valence electrons. The molecule has 19 heavy (non-hydrogen) atoms. The molecule has 3 rings (SSSR count). The van der Waals surface area contributed by atoms with E-state index in [-0.39, 0.29) is 0 Å². The van der Waals surface area contributed by atoms with Gasteiger partial charge >= 0.3 is 0 Å². The molecular weight excluding hydrogens is 236 g/mol. The van der Waals surface area contributed by atoms with Gasteiger partial charge < -0.3 is 10.1 Å². The number of nitrogens with zero attached hydrogens (tertiary/aromatic N) is 1. The molecule has 1 fully saturated rings. The van der Waals surface area contributed by atoms with Crippen LogP contribution in [0.3, 0.4) is 0 Å². The molecule has 0 bridgehead atoms. The number of hydrogen-bond donors (Lipinski definition) is 1. The van der Waals surface area contributed by atoms with Gasteiger partial charge in [-0.05, 0) is 24.9 Å². The lowest BCUT2D eigenvalue weighted by Crippen LogP contribution is -2.48. The molecule has 2 aliphatic heterocycles. The van der Waals surface area contributed by atoms with E-state index in [2.05, 4.69) is 49.3 Å². The highest BCUT2D eigenvalue weighted by atomic mass is 16.5. The summed E-state index contributed by atoms with van der Waals surface area (Å²) in [5.74, 6) is 2.61. The Labute approximate surface area is 115 Å². The van der Waals surface area contributed by atoms with E-state index in [1.54, 1.807) is 0 Å². The van der Waals surface area contributed by atoms with Gasteiger partial charge in [-0.2, -0.15) is 0 Å². The maximum absolute atomic E-state index is 5.97. The molecule has 1 aromatic carbocycles. The predicted molar refractivity (Wildman–Crippen MR) is 77.4 cm³/mol. The summed E-state index contributed by atoms with van der Waals surface area (Å²) in [7, 11) is 2.06. The number of fused-ring (bicyclic) bond motifs is 1. The number of para-hydroxylation sites is 1. The van der Waals surface area contributed by atoms with E-state index in [4.69, 9.17) is 4.74 Å². The first kappa shape index (κ1) is 12.9. The van der Waals surface area contributed by atoms with E-state index >= 15 is 0 Å². The van der Waals surface area contributed by atoms with Gasteiger partial charge in [0.05, 0.1) is 12.1 Å². The maximum Gasteiger partial charge on any atom is 0.124 e. The van der Waals surface area contributed by atoms with Gasteiger partial charge in [-0.3, -0.25) is 4.90 Å².